The van der Waals surface area contributed by atoms with Gasteiger partial charge in [-0.2, -0.15) is 13.5 Å². The molecule has 0 atom stereocenters. The van der Waals surface area contributed by atoms with Crippen molar-refractivity contribution in [3.05, 3.63) is 76.6 Å². The van der Waals surface area contributed by atoms with Crippen molar-refractivity contribution in [1.82, 2.24) is 9.78 Å². The molecular formula is C22H25N3O5S. The fraction of sp³-hybridized carbons (Fsp3) is 0.273. The third kappa shape index (κ3) is 5.19. The van der Waals surface area contributed by atoms with Crippen LogP contribution in [0.25, 0.3) is 0 Å². The molecule has 0 aliphatic heterocycles. The number of rotatable bonds is 8. The highest BCUT2D eigenvalue weighted by molar-refractivity contribution is 7.86. The number of aryl methyl sites for hydroxylation is 1. The van der Waals surface area contributed by atoms with Gasteiger partial charge in [-0.05, 0) is 36.2 Å². The van der Waals surface area contributed by atoms with Crippen LogP contribution in [0.1, 0.15) is 46.2 Å². The molecule has 31 heavy (non-hydrogen) atoms. The minimum Gasteiger partial charge on any atom is -0.390 e. The van der Waals surface area contributed by atoms with Gasteiger partial charge in [0.05, 0.1) is 17.9 Å². The predicted molar refractivity (Wildman–Crippen MR) is 117 cm³/mol. The summed E-state index contributed by atoms with van der Waals surface area (Å²) in [5.41, 5.74) is 4.08. The van der Waals surface area contributed by atoms with Gasteiger partial charge in [0.15, 0.2) is 0 Å². The average Bonchev–Trinajstić information content (AvgIpc) is 3.04. The van der Waals surface area contributed by atoms with Crippen molar-refractivity contribution >= 4 is 21.7 Å². The van der Waals surface area contributed by atoms with Gasteiger partial charge in [-0.1, -0.05) is 37.6 Å². The normalized spacial score (nSPS) is 11.5. The van der Waals surface area contributed by atoms with Crippen LogP contribution in [0, 0.1) is 0 Å². The first-order chi connectivity index (χ1) is 14.7. The SMILES string of the molecule is CCCc1c(Cc2ccc(NC(=O)c3ccccc3S(=O)(=O)O)cc2)c(CO)nn1C. The van der Waals surface area contributed by atoms with Gasteiger partial charge < -0.3 is 10.4 Å². The molecule has 0 aliphatic carbocycles. The number of amides is 1. The largest absolute Gasteiger partial charge is 0.390 e. The zero-order chi connectivity index (χ0) is 22.6. The summed E-state index contributed by atoms with van der Waals surface area (Å²) >= 11 is 0. The summed E-state index contributed by atoms with van der Waals surface area (Å²) in [7, 11) is -2.64. The van der Waals surface area contributed by atoms with Crippen molar-refractivity contribution in [3.8, 4) is 0 Å². The van der Waals surface area contributed by atoms with Crippen molar-refractivity contribution in [1.29, 1.82) is 0 Å². The second-order valence-electron chi connectivity index (χ2n) is 7.20. The molecule has 1 amide bonds. The molecule has 9 heteroatoms. The van der Waals surface area contributed by atoms with Gasteiger partial charge in [0, 0.05) is 30.4 Å². The molecule has 164 valence electrons. The minimum atomic E-state index is -4.51. The van der Waals surface area contributed by atoms with E-state index in [-0.39, 0.29) is 12.2 Å². The van der Waals surface area contributed by atoms with Crippen LogP contribution in [0.4, 0.5) is 5.69 Å². The molecule has 0 radical (unpaired) electrons. The molecular weight excluding hydrogens is 418 g/mol. The van der Waals surface area contributed by atoms with Gasteiger partial charge in [-0.15, -0.1) is 0 Å². The van der Waals surface area contributed by atoms with Crippen molar-refractivity contribution in [2.45, 2.75) is 37.7 Å². The predicted octanol–water partition coefficient (Wildman–Crippen LogP) is 2.95. The Bertz CT molecular complexity index is 1180. The van der Waals surface area contributed by atoms with E-state index in [0.29, 0.717) is 17.8 Å². The first-order valence-electron chi connectivity index (χ1n) is 9.85. The van der Waals surface area contributed by atoms with E-state index in [4.69, 9.17) is 0 Å². The molecule has 2 aromatic carbocycles. The van der Waals surface area contributed by atoms with Crippen LogP contribution in [0.2, 0.25) is 0 Å². The number of anilines is 1. The van der Waals surface area contributed by atoms with Crippen LogP contribution >= 0.6 is 0 Å². The maximum atomic E-state index is 12.5. The van der Waals surface area contributed by atoms with Crippen LogP contribution in [0.5, 0.6) is 0 Å². The molecule has 1 aromatic heterocycles. The first kappa shape index (κ1) is 22.7. The fourth-order valence-corrected chi connectivity index (χ4v) is 4.22. The van der Waals surface area contributed by atoms with Crippen molar-refractivity contribution in [2.24, 2.45) is 7.05 Å². The van der Waals surface area contributed by atoms with E-state index >= 15 is 0 Å². The second-order valence-corrected chi connectivity index (χ2v) is 8.59. The molecule has 0 bridgehead atoms. The zero-order valence-corrected chi connectivity index (χ0v) is 18.2. The Balaban J connectivity index is 1.79. The zero-order valence-electron chi connectivity index (χ0n) is 17.4. The smallest absolute Gasteiger partial charge is 0.295 e. The highest BCUT2D eigenvalue weighted by Crippen LogP contribution is 2.22. The van der Waals surface area contributed by atoms with E-state index in [2.05, 4.69) is 17.3 Å². The third-order valence-corrected chi connectivity index (χ3v) is 5.91. The fourth-order valence-electron chi connectivity index (χ4n) is 3.53. The summed E-state index contributed by atoms with van der Waals surface area (Å²) in [5.74, 6) is -0.638. The number of benzene rings is 2. The number of nitrogens with zero attached hydrogens (tertiary/aromatic N) is 2. The standard InChI is InChI=1S/C22H25N3O5S/c1-3-6-20-18(19(14-26)24-25(20)2)13-15-9-11-16(12-10-15)23-22(27)17-7-4-5-8-21(17)31(28,29)30/h4-5,7-12,26H,3,6,13-14H2,1-2H3,(H,23,27)(H,28,29,30). The van der Waals surface area contributed by atoms with Gasteiger partial charge in [0.1, 0.15) is 4.90 Å². The number of aliphatic hydroxyl groups excluding tert-OH is 1. The molecule has 3 N–H and O–H groups in total. The Morgan fingerprint density at radius 2 is 1.81 bits per heavy atom. The van der Waals surface area contributed by atoms with E-state index in [1.807, 2.05) is 23.9 Å². The van der Waals surface area contributed by atoms with E-state index < -0.39 is 20.9 Å². The summed E-state index contributed by atoms with van der Waals surface area (Å²) in [6.07, 6.45) is 2.42. The monoisotopic (exact) mass is 443 g/mol. The van der Waals surface area contributed by atoms with E-state index in [9.17, 15) is 22.9 Å². The number of hydrogen-bond donors (Lipinski definition) is 3. The lowest BCUT2D eigenvalue weighted by molar-refractivity contribution is 0.102. The van der Waals surface area contributed by atoms with E-state index in [1.165, 1.54) is 24.3 Å². The van der Waals surface area contributed by atoms with Gasteiger partial charge in [-0.25, -0.2) is 0 Å². The molecule has 0 spiro atoms. The topological polar surface area (TPSA) is 122 Å². The Kier molecular flexibility index (Phi) is 6.89. The van der Waals surface area contributed by atoms with Gasteiger partial charge in [0.2, 0.25) is 0 Å². The van der Waals surface area contributed by atoms with Crippen LogP contribution in [0.15, 0.2) is 53.4 Å². The number of aromatic nitrogens is 2. The lowest BCUT2D eigenvalue weighted by Crippen LogP contribution is -2.16. The van der Waals surface area contributed by atoms with Gasteiger partial charge in [-0.3, -0.25) is 14.0 Å². The number of nitrogens with one attached hydrogen (secondary N) is 1. The summed E-state index contributed by atoms with van der Waals surface area (Å²) in [4.78, 5) is 12.1. The first-order valence-corrected chi connectivity index (χ1v) is 11.3. The average molecular weight is 444 g/mol. The molecule has 3 rings (SSSR count). The summed E-state index contributed by atoms with van der Waals surface area (Å²) in [6, 6.07) is 12.6. The Morgan fingerprint density at radius 1 is 1.13 bits per heavy atom. The summed E-state index contributed by atoms with van der Waals surface area (Å²) < 4.78 is 34.2. The molecule has 0 unspecified atom stereocenters. The molecule has 3 aromatic rings. The number of carbonyl (C=O) groups is 1. The highest BCUT2D eigenvalue weighted by atomic mass is 32.2. The molecule has 8 nitrogen and oxygen atoms in total. The number of carbonyl (C=O) groups excluding carboxylic acids is 1. The Labute approximate surface area is 181 Å². The van der Waals surface area contributed by atoms with E-state index in [1.54, 1.807) is 12.1 Å². The van der Waals surface area contributed by atoms with Crippen LogP contribution in [-0.2, 0) is 36.6 Å². The second kappa shape index (κ2) is 9.42. The van der Waals surface area contributed by atoms with Crippen molar-refractivity contribution in [3.63, 3.8) is 0 Å². The van der Waals surface area contributed by atoms with Crippen LogP contribution in [0.3, 0.4) is 0 Å². The lowest BCUT2D eigenvalue weighted by atomic mass is 10.0. The number of aliphatic hydroxyl groups is 1. The Hall–Kier alpha value is -3.01. The van der Waals surface area contributed by atoms with Crippen molar-refractivity contribution < 1.29 is 22.9 Å². The maximum Gasteiger partial charge on any atom is 0.295 e. The summed E-state index contributed by atoms with van der Waals surface area (Å²) in [6.45, 7) is 1.96. The van der Waals surface area contributed by atoms with Crippen LogP contribution in [-0.4, -0.2) is 33.8 Å². The lowest BCUT2D eigenvalue weighted by Gasteiger charge is -2.10. The summed E-state index contributed by atoms with van der Waals surface area (Å²) in [5, 5.41) is 16.7. The van der Waals surface area contributed by atoms with Crippen LogP contribution < -0.4 is 5.32 Å². The molecule has 0 saturated heterocycles. The Morgan fingerprint density at radius 3 is 2.42 bits per heavy atom. The third-order valence-electron chi connectivity index (χ3n) is 5.00. The van der Waals surface area contributed by atoms with Gasteiger partial charge >= 0.3 is 0 Å². The van der Waals surface area contributed by atoms with E-state index in [0.717, 1.165) is 29.7 Å². The highest BCUT2D eigenvalue weighted by Gasteiger charge is 2.20. The minimum absolute atomic E-state index is 0.131. The molecule has 0 fully saturated rings. The molecule has 0 saturated carbocycles. The number of hydrogen-bond acceptors (Lipinski definition) is 5. The van der Waals surface area contributed by atoms with Gasteiger partial charge in [0.25, 0.3) is 16.0 Å². The van der Waals surface area contributed by atoms with Crippen molar-refractivity contribution in [2.75, 3.05) is 5.32 Å². The quantitative estimate of drug-likeness (QED) is 0.460. The maximum absolute atomic E-state index is 12.5. The molecule has 0 aliphatic rings. The molecule has 1 heterocycles.